The molecule has 3 rings (SSSR count). The van der Waals surface area contributed by atoms with Crippen molar-refractivity contribution in [3.05, 3.63) is 85.8 Å². The summed E-state index contributed by atoms with van der Waals surface area (Å²) in [7, 11) is 0. The van der Waals surface area contributed by atoms with Crippen molar-refractivity contribution in [1.29, 1.82) is 0 Å². The van der Waals surface area contributed by atoms with Crippen LogP contribution < -0.4 is 10.3 Å². The van der Waals surface area contributed by atoms with E-state index in [1.807, 2.05) is 12.1 Å². The van der Waals surface area contributed by atoms with Gasteiger partial charge in [-0.15, -0.1) is 0 Å². The molecule has 1 aromatic heterocycles. The number of aromatic nitrogens is 2. The lowest BCUT2D eigenvalue weighted by Crippen LogP contribution is -2.34. The smallest absolute Gasteiger partial charge is 0.289 e. The average Bonchev–Trinajstić information content (AvgIpc) is 2.93. The molecule has 1 N–H and O–H groups in total. The normalized spacial score (nSPS) is 11.1. The first kappa shape index (κ1) is 16.4. The van der Waals surface area contributed by atoms with E-state index in [-0.39, 0.29) is 10.4 Å². The number of halogens is 2. The summed E-state index contributed by atoms with van der Waals surface area (Å²) in [5, 5.41) is 3.11. The van der Waals surface area contributed by atoms with Gasteiger partial charge in [-0.2, -0.15) is 0 Å². The van der Waals surface area contributed by atoms with E-state index < -0.39 is 5.63 Å². The van der Waals surface area contributed by atoms with Crippen LogP contribution in [-0.4, -0.2) is 11.1 Å². The molecule has 0 aliphatic heterocycles. The number of benzene rings is 2. The Hall–Kier alpha value is -2.44. The molecule has 7 heteroatoms. The van der Waals surface area contributed by atoms with Gasteiger partial charge in [0.15, 0.2) is 5.78 Å². The van der Waals surface area contributed by atoms with Gasteiger partial charge in [-0.1, -0.05) is 29.8 Å². The van der Waals surface area contributed by atoms with Crippen molar-refractivity contribution in [3.8, 4) is 5.69 Å². The molecule has 24 heavy (non-hydrogen) atoms. The molecule has 0 saturated heterocycles. The number of nitrogens with zero attached hydrogens (tertiary/aromatic N) is 1. The van der Waals surface area contributed by atoms with E-state index in [2.05, 4.69) is 25.7 Å². The number of nitrogens with one attached hydrogen (secondary N) is 1. The summed E-state index contributed by atoms with van der Waals surface area (Å²) >= 11 is 8.95. The summed E-state index contributed by atoms with van der Waals surface area (Å²) in [4.78, 5) is 23.5. The van der Waals surface area contributed by atoms with Crippen LogP contribution in [0.5, 0.6) is 0 Å². The molecule has 0 aliphatic carbocycles. The van der Waals surface area contributed by atoms with Crippen LogP contribution in [0.2, 0.25) is 5.02 Å². The second kappa shape index (κ2) is 6.98. The van der Waals surface area contributed by atoms with Gasteiger partial charge in [-0.25, -0.2) is 4.79 Å². The molecule has 0 atom stereocenters. The number of carbonyl (C=O) groups excluding carboxylic acids is 1. The van der Waals surface area contributed by atoms with Crippen LogP contribution in [0, 0.1) is 0 Å². The minimum absolute atomic E-state index is 0.124. The van der Waals surface area contributed by atoms with E-state index >= 15 is 0 Å². The first-order valence-corrected chi connectivity index (χ1v) is 8.09. The van der Waals surface area contributed by atoms with E-state index in [1.54, 1.807) is 42.5 Å². The lowest BCUT2D eigenvalue weighted by molar-refractivity contribution is -0.680. The van der Waals surface area contributed by atoms with Gasteiger partial charge in [0.05, 0.1) is 0 Å². The van der Waals surface area contributed by atoms with Crippen molar-refractivity contribution in [2.45, 2.75) is 0 Å². The summed E-state index contributed by atoms with van der Waals surface area (Å²) in [5.41, 5.74) is 1.57. The molecule has 3 aromatic rings. The Morgan fingerprint density at radius 3 is 2.38 bits per heavy atom. The molecule has 0 fully saturated rings. The molecule has 0 bridgehead atoms. The van der Waals surface area contributed by atoms with Crippen LogP contribution in [0.3, 0.4) is 0 Å². The Bertz CT molecular complexity index is 957. The van der Waals surface area contributed by atoms with Crippen LogP contribution in [-0.2, 0) is 0 Å². The number of rotatable bonds is 4. The van der Waals surface area contributed by atoms with Crippen molar-refractivity contribution in [2.24, 2.45) is 0 Å². The van der Waals surface area contributed by atoms with Crippen LogP contribution in [0.1, 0.15) is 15.9 Å². The molecular formula is C17H11BrClN2O3+. The maximum atomic E-state index is 12.2. The third-order valence-corrected chi connectivity index (χ3v) is 4.23. The van der Waals surface area contributed by atoms with E-state index in [1.165, 1.54) is 10.8 Å². The van der Waals surface area contributed by atoms with Crippen molar-refractivity contribution < 1.29 is 14.0 Å². The van der Waals surface area contributed by atoms with Gasteiger partial charge in [0.2, 0.25) is 5.69 Å². The highest BCUT2D eigenvalue weighted by molar-refractivity contribution is 9.10. The molecule has 120 valence electrons. The van der Waals surface area contributed by atoms with Crippen LogP contribution in [0.4, 0.5) is 0 Å². The van der Waals surface area contributed by atoms with Crippen molar-refractivity contribution in [3.63, 3.8) is 0 Å². The van der Waals surface area contributed by atoms with Crippen LogP contribution >= 0.6 is 27.5 Å². The lowest BCUT2D eigenvalue weighted by atomic mass is 10.1. The number of ketones is 1. The van der Waals surface area contributed by atoms with Crippen molar-refractivity contribution in [2.75, 3.05) is 0 Å². The largest absolute Gasteiger partial charge is 0.442 e. The number of allylic oxidation sites excluding steroid dienone is 1. The molecule has 0 radical (unpaired) electrons. The van der Waals surface area contributed by atoms with Gasteiger partial charge >= 0.3 is 10.2 Å². The number of hydrogen-bond donors (Lipinski definition) is 1. The van der Waals surface area contributed by atoms with E-state index in [9.17, 15) is 9.59 Å². The number of aromatic amines is 1. The maximum absolute atomic E-state index is 12.2. The Kier molecular flexibility index (Phi) is 4.78. The zero-order valence-corrected chi connectivity index (χ0v) is 14.5. The molecule has 0 unspecified atom stereocenters. The predicted octanol–water partition coefficient (Wildman–Crippen LogP) is 3.56. The summed E-state index contributed by atoms with van der Waals surface area (Å²) < 4.78 is 6.34. The molecular weight excluding hydrogens is 396 g/mol. The molecule has 0 aliphatic rings. The minimum Gasteiger partial charge on any atom is -0.289 e. The fourth-order valence-electron chi connectivity index (χ4n) is 2.04. The van der Waals surface area contributed by atoms with E-state index in [0.29, 0.717) is 16.3 Å². The van der Waals surface area contributed by atoms with Crippen molar-refractivity contribution in [1.82, 2.24) is 5.27 Å². The number of H-pyrrole nitrogens is 1. The quantitative estimate of drug-likeness (QED) is 0.409. The summed E-state index contributed by atoms with van der Waals surface area (Å²) in [6.07, 6.45) is 3.23. The topological polar surface area (TPSA) is 66.9 Å². The van der Waals surface area contributed by atoms with E-state index in [0.717, 1.165) is 5.56 Å². The van der Waals surface area contributed by atoms with Gasteiger partial charge in [0.1, 0.15) is 0 Å². The first-order valence-electron chi connectivity index (χ1n) is 6.92. The standard InChI is InChI=1S/C17H10BrClN2O3/c18-16-17(23)24-20-21(16)14-8-4-12(5-9-14)15(22)10-3-11-1-6-13(19)7-2-11/h1-10H/p+1/b10-3+. The molecule has 0 spiro atoms. The third kappa shape index (κ3) is 3.55. The van der Waals surface area contributed by atoms with E-state index in [4.69, 9.17) is 11.6 Å². The number of carbonyl (C=O) groups is 1. The molecule has 1 heterocycles. The first-order chi connectivity index (χ1) is 11.5. The predicted molar refractivity (Wildman–Crippen MR) is 93.4 cm³/mol. The second-order valence-electron chi connectivity index (χ2n) is 4.90. The Labute approximate surface area is 150 Å². The number of hydrogen-bond acceptors (Lipinski definition) is 3. The maximum Gasteiger partial charge on any atom is 0.442 e. The average molecular weight is 407 g/mol. The Balaban J connectivity index is 1.77. The molecule has 5 nitrogen and oxygen atoms in total. The van der Waals surface area contributed by atoms with Gasteiger partial charge in [0.25, 0.3) is 0 Å². The molecule has 0 amide bonds. The fourth-order valence-corrected chi connectivity index (χ4v) is 2.53. The van der Waals surface area contributed by atoms with Gasteiger partial charge in [-0.05, 0) is 45.9 Å². The zero-order chi connectivity index (χ0) is 17.1. The minimum atomic E-state index is -0.513. The SMILES string of the molecule is O=C(/C=C/c1ccc(Cl)cc1)c1ccc(-[n+]2[nH]oc(=O)c2Br)cc1. The zero-order valence-electron chi connectivity index (χ0n) is 12.2. The van der Waals surface area contributed by atoms with Gasteiger partial charge in [-0.3, -0.25) is 9.32 Å². The second-order valence-corrected chi connectivity index (χ2v) is 6.09. The highest BCUT2D eigenvalue weighted by Gasteiger charge is 2.20. The van der Waals surface area contributed by atoms with Crippen LogP contribution in [0.15, 0.2) is 68.5 Å². The Morgan fingerprint density at radius 1 is 1.12 bits per heavy atom. The van der Waals surface area contributed by atoms with Crippen molar-refractivity contribution >= 4 is 39.4 Å². The third-order valence-electron chi connectivity index (χ3n) is 3.30. The highest BCUT2D eigenvalue weighted by atomic mass is 79.9. The summed E-state index contributed by atoms with van der Waals surface area (Å²) in [6.45, 7) is 0. The van der Waals surface area contributed by atoms with Gasteiger partial charge in [0, 0.05) is 38.6 Å². The monoisotopic (exact) mass is 405 g/mol. The summed E-state index contributed by atoms with van der Waals surface area (Å²) in [5.74, 6) is -0.124. The fraction of sp³-hybridized carbons (Fsp3) is 0. The molecule has 2 aromatic carbocycles. The molecule has 0 saturated carbocycles. The summed E-state index contributed by atoms with van der Waals surface area (Å²) in [6, 6.07) is 14.0. The lowest BCUT2D eigenvalue weighted by Gasteiger charge is -1.97. The van der Waals surface area contributed by atoms with Crippen LogP contribution in [0.25, 0.3) is 11.8 Å². The Morgan fingerprint density at radius 2 is 1.79 bits per heavy atom. The highest BCUT2D eigenvalue weighted by Crippen LogP contribution is 2.12. The van der Waals surface area contributed by atoms with Gasteiger partial charge < -0.3 is 0 Å².